The number of carbonyl (C=O) groups is 3. The van der Waals surface area contributed by atoms with E-state index < -0.39 is 22.9 Å². The third-order valence-electron chi connectivity index (χ3n) is 7.57. The van der Waals surface area contributed by atoms with Crippen LogP contribution >= 0.6 is 22.9 Å². The van der Waals surface area contributed by atoms with Crippen LogP contribution in [0.25, 0.3) is 22.4 Å². The molecule has 2 aliphatic heterocycles. The molecule has 1 atom stereocenters. The van der Waals surface area contributed by atoms with Crippen LogP contribution in [0.3, 0.4) is 0 Å². The molecule has 0 radical (unpaired) electrons. The van der Waals surface area contributed by atoms with Crippen LogP contribution in [0.2, 0.25) is 5.02 Å². The van der Waals surface area contributed by atoms with Gasteiger partial charge in [0.1, 0.15) is 11.5 Å². The molecule has 3 aromatic rings. The second-order valence-electron chi connectivity index (χ2n) is 10.3. The van der Waals surface area contributed by atoms with Gasteiger partial charge in [-0.25, -0.2) is 9.97 Å². The molecule has 2 saturated heterocycles. The van der Waals surface area contributed by atoms with E-state index in [9.17, 15) is 19.5 Å². The lowest BCUT2D eigenvalue weighted by Crippen LogP contribution is -2.35. The van der Waals surface area contributed by atoms with E-state index in [2.05, 4.69) is 9.97 Å². The van der Waals surface area contributed by atoms with Gasteiger partial charge in [-0.05, 0) is 61.4 Å². The number of nitrogens with zero attached hydrogens (tertiary/aromatic N) is 4. The number of hydrogen-bond donors (Lipinski definition) is 1. The maximum absolute atomic E-state index is 15.4. The first-order chi connectivity index (χ1) is 19.7. The van der Waals surface area contributed by atoms with Crippen molar-refractivity contribution in [3.05, 3.63) is 46.7 Å². The molecule has 2 amide bonds. The van der Waals surface area contributed by atoms with E-state index in [4.69, 9.17) is 16.3 Å². The zero-order valence-corrected chi connectivity index (χ0v) is 24.1. The number of thiazole rings is 1. The van der Waals surface area contributed by atoms with E-state index in [1.54, 1.807) is 35.4 Å². The number of ether oxygens (including phenoxy) is 1. The number of rotatable bonds is 9. The van der Waals surface area contributed by atoms with Crippen molar-refractivity contribution in [2.24, 2.45) is 11.8 Å². The monoisotopic (exact) mass is 600 g/mol. The molecule has 1 aromatic carbocycles. The highest BCUT2D eigenvalue weighted by atomic mass is 35.5. The van der Waals surface area contributed by atoms with Crippen LogP contribution in [0.4, 0.5) is 15.3 Å². The number of pyridine rings is 1. The fourth-order valence-corrected chi connectivity index (χ4v) is 6.34. The molecular formula is C29H30ClFN4O5S. The molecule has 216 valence electrons. The van der Waals surface area contributed by atoms with Gasteiger partial charge in [0, 0.05) is 61.5 Å². The first-order valence-electron chi connectivity index (χ1n) is 13.5. The lowest BCUT2D eigenvalue weighted by molar-refractivity contribution is -0.141. The van der Waals surface area contributed by atoms with E-state index in [1.807, 2.05) is 6.07 Å². The van der Waals surface area contributed by atoms with Gasteiger partial charge in [-0.15, -0.1) is 0 Å². The van der Waals surface area contributed by atoms with Gasteiger partial charge < -0.3 is 9.84 Å². The molecular weight excluding hydrogens is 571 g/mol. The van der Waals surface area contributed by atoms with Crippen molar-refractivity contribution in [3.63, 3.8) is 0 Å². The molecule has 0 spiro atoms. The molecule has 2 aliphatic rings. The SMILES string of the molecule is CN(C(=O)C(CC(=O)O)CC1CCOCC1)c1nc(-c2cc(Cl)ccc2-c2ccc(N3CCCC3=O)nc2)c(F)s1. The number of carboxylic acid groups (broad SMARTS) is 1. The molecule has 41 heavy (non-hydrogen) atoms. The summed E-state index contributed by atoms with van der Waals surface area (Å²) in [5, 5.41) is 9.36. The Morgan fingerprint density at radius 3 is 2.68 bits per heavy atom. The number of aromatic nitrogens is 2. The molecule has 0 saturated carbocycles. The number of carbonyl (C=O) groups excluding carboxylic acids is 2. The Morgan fingerprint density at radius 1 is 1.24 bits per heavy atom. The van der Waals surface area contributed by atoms with Crippen LogP contribution in [-0.4, -0.2) is 59.7 Å². The van der Waals surface area contributed by atoms with Crippen molar-refractivity contribution in [2.75, 3.05) is 36.6 Å². The Kier molecular flexibility index (Phi) is 8.96. The maximum Gasteiger partial charge on any atom is 0.304 e. The number of hydrogen-bond acceptors (Lipinski definition) is 7. The van der Waals surface area contributed by atoms with E-state index in [0.717, 1.165) is 19.3 Å². The van der Waals surface area contributed by atoms with Gasteiger partial charge in [0.05, 0.1) is 6.42 Å². The van der Waals surface area contributed by atoms with Crippen LogP contribution in [0, 0.1) is 17.0 Å². The maximum atomic E-state index is 15.4. The Labute approximate surface area is 245 Å². The second-order valence-corrected chi connectivity index (χ2v) is 11.7. The van der Waals surface area contributed by atoms with Crippen molar-refractivity contribution in [2.45, 2.75) is 38.5 Å². The van der Waals surface area contributed by atoms with Gasteiger partial charge in [0.25, 0.3) is 0 Å². The fourth-order valence-electron chi connectivity index (χ4n) is 5.39. The number of carboxylic acids is 1. The van der Waals surface area contributed by atoms with Gasteiger partial charge in [-0.3, -0.25) is 24.2 Å². The lowest BCUT2D eigenvalue weighted by atomic mass is 9.86. The number of benzene rings is 1. The van der Waals surface area contributed by atoms with Gasteiger partial charge in [-0.1, -0.05) is 29.0 Å². The lowest BCUT2D eigenvalue weighted by Gasteiger charge is -2.27. The fraction of sp³-hybridized carbons (Fsp3) is 0.414. The summed E-state index contributed by atoms with van der Waals surface area (Å²) in [5.41, 5.74) is 1.77. The number of halogens is 2. The molecule has 2 aromatic heterocycles. The van der Waals surface area contributed by atoms with Crippen LogP contribution in [0.5, 0.6) is 0 Å². The summed E-state index contributed by atoms with van der Waals surface area (Å²) in [6.07, 6.45) is 4.56. The summed E-state index contributed by atoms with van der Waals surface area (Å²) in [5.74, 6) is -1.46. The first kappa shape index (κ1) is 29.1. The number of amides is 2. The first-order valence-corrected chi connectivity index (χ1v) is 14.7. The van der Waals surface area contributed by atoms with E-state index in [0.29, 0.717) is 71.5 Å². The summed E-state index contributed by atoms with van der Waals surface area (Å²) >= 11 is 7.01. The summed E-state index contributed by atoms with van der Waals surface area (Å²) in [4.78, 5) is 48.9. The molecule has 5 rings (SSSR count). The molecule has 0 aliphatic carbocycles. The predicted molar refractivity (Wildman–Crippen MR) is 155 cm³/mol. The summed E-state index contributed by atoms with van der Waals surface area (Å²) in [6, 6.07) is 8.61. The Balaban J connectivity index is 1.41. The van der Waals surface area contributed by atoms with Crippen molar-refractivity contribution in [3.8, 4) is 22.4 Å². The molecule has 4 heterocycles. The van der Waals surface area contributed by atoms with Gasteiger partial charge >= 0.3 is 5.97 Å². The molecule has 1 N–H and O–H groups in total. The Hall–Kier alpha value is -3.41. The van der Waals surface area contributed by atoms with Crippen molar-refractivity contribution >= 4 is 51.7 Å². The second kappa shape index (κ2) is 12.6. The van der Waals surface area contributed by atoms with Crippen LogP contribution in [0.1, 0.15) is 38.5 Å². The molecule has 1 unspecified atom stereocenters. The Morgan fingerprint density at radius 2 is 2.02 bits per heavy atom. The topological polar surface area (TPSA) is 113 Å². The number of anilines is 2. The van der Waals surface area contributed by atoms with E-state index >= 15 is 4.39 Å². The minimum Gasteiger partial charge on any atom is -0.481 e. The van der Waals surface area contributed by atoms with Gasteiger partial charge in [0.15, 0.2) is 5.13 Å². The highest BCUT2D eigenvalue weighted by Crippen LogP contribution is 2.39. The van der Waals surface area contributed by atoms with Crippen LogP contribution in [0.15, 0.2) is 36.5 Å². The van der Waals surface area contributed by atoms with Crippen molar-refractivity contribution in [1.29, 1.82) is 0 Å². The van der Waals surface area contributed by atoms with Gasteiger partial charge in [0.2, 0.25) is 16.9 Å². The third kappa shape index (κ3) is 6.58. The van der Waals surface area contributed by atoms with Gasteiger partial charge in [-0.2, -0.15) is 4.39 Å². The summed E-state index contributed by atoms with van der Waals surface area (Å²) in [6.45, 7) is 1.80. The molecule has 9 nitrogen and oxygen atoms in total. The van der Waals surface area contributed by atoms with E-state index in [1.165, 1.54) is 11.9 Å². The average molecular weight is 601 g/mol. The zero-order chi connectivity index (χ0) is 29.1. The largest absolute Gasteiger partial charge is 0.481 e. The van der Waals surface area contributed by atoms with Crippen molar-refractivity contribution in [1.82, 2.24) is 9.97 Å². The average Bonchev–Trinajstić information content (AvgIpc) is 3.57. The van der Waals surface area contributed by atoms with Crippen molar-refractivity contribution < 1.29 is 28.6 Å². The smallest absolute Gasteiger partial charge is 0.304 e. The molecule has 0 bridgehead atoms. The standard InChI is InChI=1S/C29H30ClFN4O5S/c1-34(28(39)19(14-25(37)38)13-17-8-11-40-12-9-17)29-33-26(27(31)41-29)22-15-20(30)5-6-21(22)18-4-7-23(32-16-18)35-10-2-3-24(35)36/h4-7,15-17,19H,2-3,8-14H2,1H3,(H,37,38). The summed E-state index contributed by atoms with van der Waals surface area (Å²) < 4.78 is 20.8. The highest BCUT2D eigenvalue weighted by Gasteiger charge is 2.31. The van der Waals surface area contributed by atoms with Crippen LogP contribution in [-0.2, 0) is 19.1 Å². The predicted octanol–water partition coefficient (Wildman–Crippen LogP) is 5.66. The summed E-state index contributed by atoms with van der Waals surface area (Å²) in [7, 11) is 1.49. The van der Waals surface area contributed by atoms with E-state index in [-0.39, 0.29) is 29.1 Å². The quantitative estimate of drug-likeness (QED) is 0.337. The number of aliphatic carboxylic acids is 1. The minimum absolute atomic E-state index is 0.0279. The Bertz CT molecular complexity index is 1440. The third-order valence-corrected chi connectivity index (χ3v) is 8.72. The minimum atomic E-state index is -1.06. The zero-order valence-electron chi connectivity index (χ0n) is 22.5. The van der Waals surface area contributed by atoms with Crippen LogP contribution < -0.4 is 9.80 Å². The molecule has 12 heteroatoms. The normalized spacial score (nSPS) is 16.7. The molecule has 2 fully saturated rings. The highest BCUT2D eigenvalue weighted by molar-refractivity contribution is 7.14.